The Labute approximate surface area is 148 Å². The maximum Gasteiger partial charge on any atom is 0.310 e. The lowest BCUT2D eigenvalue weighted by Gasteiger charge is -2.21. The number of amides is 1. The number of carbonyl (C=O) groups excluding carboxylic acids is 2. The van der Waals surface area contributed by atoms with Crippen molar-refractivity contribution in [2.45, 2.75) is 19.9 Å². The van der Waals surface area contributed by atoms with E-state index in [0.29, 0.717) is 18.8 Å². The molecule has 0 unspecified atom stereocenters. The Morgan fingerprint density at radius 1 is 1.00 bits per heavy atom. The normalized spacial score (nSPS) is 10.2. The first-order valence-corrected chi connectivity index (χ1v) is 8.23. The highest BCUT2D eigenvalue weighted by atomic mass is 16.5. The summed E-state index contributed by atoms with van der Waals surface area (Å²) in [7, 11) is 1.55. The molecule has 1 amide bonds. The van der Waals surface area contributed by atoms with Gasteiger partial charge < -0.3 is 14.4 Å². The van der Waals surface area contributed by atoms with Crippen LogP contribution < -0.4 is 4.74 Å². The van der Waals surface area contributed by atoms with E-state index in [-0.39, 0.29) is 18.9 Å². The Bertz CT molecular complexity index is 700. The number of ether oxygens (including phenoxy) is 2. The van der Waals surface area contributed by atoms with E-state index < -0.39 is 5.97 Å². The van der Waals surface area contributed by atoms with Crippen LogP contribution in [-0.2, 0) is 27.3 Å². The zero-order valence-corrected chi connectivity index (χ0v) is 14.6. The molecule has 0 aliphatic carbocycles. The molecule has 2 rings (SSSR count). The summed E-state index contributed by atoms with van der Waals surface area (Å²) in [6.45, 7) is 2.70. The standard InChI is InChI=1S/C20H23NO4/c1-3-21(14-16-9-5-4-6-10-16)19(22)15-25-20(23)13-17-11-7-8-12-18(17)24-2/h4-12H,3,13-15H2,1-2H3. The van der Waals surface area contributed by atoms with E-state index in [0.717, 1.165) is 11.1 Å². The molecule has 0 aliphatic heterocycles. The fourth-order valence-electron chi connectivity index (χ4n) is 2.47. The maximum atomic E-state index is 12.3. The molecule has 0 saturated carbocycles. The van der Waals surface area contributed by atoms with E-state index in [2.05, 4.69) is 0 Å². The van der Waals surface area contributed by atoms with Gasteiger partial charge in [-0.15, -0.1) is 0 Å². The number of esters is 1. The first kappa shape index (κ1) is 18.5. The Morgan fingerprint density at radius 2 is 1.68 bits per heavy atom. The zero-order chi connectivity index (χ0) is 18.1. The summed E-state index contributed by atoms with van der Waals surface area (Å²) in [5.41, 5.74) is 1.78. The minimum atomic E-state index is -0.450. The molecule has 25 heavy (non-hydrogen) atoms. The van der Waals surface area contributed by atoms with Crippen LogP contribution in [0.2, 0.25) is 0 Å². The van der Waals surface area contributed by atoms with Crippen molar-refractivity contribution in [2.24, 2.45) is 0 Å². The van der Waals surface area contributed by atoms with E-state index in [9.17, 15) is 9.59 Å². The summed E-state index contributed by atoms with van der Waals surface area (Å²) < 4.78 is 10.4. The molecule has 0 heterocycles. The third-order valence-corrected chi connectivity index (χ3v) is 3.83. The number of methoxy groups -OCH3 is 1. The van der Waals surface area contributed by atoms with Gasteiger partial charge in [0.05, 0.1) is 13.5 Å². The molecule has 5 nitrogen and oxygen atoms in total. The van der Waals surface area contributed by atoms with Gasteiger partial charge in [0.2, 0.25) is 0 Å². The van der Waals surface area contributed by atoms with Gasteiger partial charge in [-0.25, -0.2) is 0 Å². The highest BCUT2D eigenvalue weighted by Gasteiger charge is 2.16. The van der Waals surface area contributed by atoms with Crippen LogP contribution >= 0.6 is 0 Å². The third-order valence-electron chi connectivity index (χ3n) is 3.83. The van der Waals surface area contributed by atoms with Gasteiger partial charge >= 0.3 is 5.97 Å². The number of hydrogen-bond acceptors (Lipinski definition) is 4. The van der Waals surface area contributed by atoms with E-state index in [1.54, 1.807) is 24.1 Å². The molecule has 2 aromatic carbocycles. The lowest BCUT2D eigenvalue weighted by molar-refractivity contribution is -0.151. The Kier molecular flexibility index (Phi) is 7.01. The fourth-order valence-corrected chi connectivity index (χ4v) is 2.47. The Morgan fingerprint density at radius 3 is 2.36 bits per heavy atom. The molecule has 0 aliphatic rings. The first-order chi connectivity index (χ1) is 12.1. The predicted octanol–water partition coefficient (Wildman–Crippen LogP) is 2.83. The number of para-hydroxylation sites is 1. The number of likely N-dealkylation sites (N-methyl/N-ethyl adjacent to an activating group) is 1. The number of nitrogens with zero attached hydrogens (tertiary/aromatic N) is 1. The van der Waals surface area contributed by atoms with Crippen LogP contribution in [0.15, 0.2) is 54.6 Å². The summed E-state index contributed by atoms with van der Waals surface area (Å²) in [6.07, 6.45) is 0.0715. The van der Waals surface area contributed by atoms with Gasteiger partial charge in [-0.3, -0.25) is 9.59 Å². The number of hydrogen-bond donors (Lipinski definition) is 0. The van der Waals surface area contributed by atoms with Crippen molar-refractivity contribution in [3.63, 3.8) is 0 Å². The molecule has 5 heteroatoms. The molecule has 0 N–H and O–H groups in total. The summed E-state index contributed by atoms with van der Waals surface area (Å²) in [5, 5.41) is 0. The van der Waals surface area contributed by atoms with E-state index in [4.69, 9.17) is 9.47 Å². The largest absolute Gasteiger partial charge is 0.496 e. The van der Waals surface area contributed by atoms with E-state index in [1.807, 2.05) is 49.4 Å². The average Bonchev–Trinajstić information content (AvgIpc) is 2.65. The van der Waals surface area contributed by atoms with Crippen molar-refractivity contribution in [3.05, 3.63) is 65.7 Å². The Balaban J connectivity index is 1.86. The second kappa shape index (κ2) is 9.47. The highest BCUT2D eigenvalue weighted by molar-refractivity contribution is 5.81. The minimum Gasteiger partial charge on any atom is -0.496 e. The molecule has 0 fully saturated rings. The summed E-state index contributed by atoms with van der Waals surface area (Å²) in [6, 6.07) is 17.0. The van der Waals surface area contributed by atoms with Crippen molar-refractivity contribution in [1.29, 1.82) is 0 Å². The SMILES string of the molecule is CCN(Cc1ccccc1)C(=O)COC(=O)Cc1ccccc1OC. The van der Waals surface area contributed by atoms with Gasteiger partial charge in [0.15, 0.2) is 6.61 Å². The smallest absolute Gasteiger partial charge is 0.310 e. The van der Waals surface area contributed by atoms with Gasteiger partial charge in [-0.2, -0.15) is 0 Å². The third kappa shape index (κ3) is 5.64. The van der Waals surface area contributed by atoms with Crippen LogP contribution in [0.5, 0.6) is 5.75 Å². The van der Waals surface area contributed by atoms with Crippen molar-refractivity contribution >= 4 is 11.9 Å². The monoisotopic (exact) mass is 341 g/mol. The summed E-state index contributed by atoms with van der Waals surface area (Å²) in [4.78, 5) is 25.9. The van der Waals surface area contributed by atoms with Crippen LogP contribution in [0.4, 0.5) is 0 Å². The second-order valence-corrected chi connectivity index (χ2v) is 5.54. The Hall–Kier alpha value is -2.82. The quantitative estimate of drug-likeness (QED) is 0.693. The molecular formula is C20H23NO4. The molecule has 0 spiro atoms. The minimum absolute atomic E-state index is 0.0715. The second-order valence-electron chi connectivity index (χ2n) is 5.54. The summed E-state index contributed by atoms with van der Waals surface area (Å²) in [5.74, 6) is -0.0293. The zero-order valence-electron chi connectivity index (χ0n) is 14.6. The van der Waals surface area contributed by atoms with Crippen molar-refractivity contribution < 1.29 is 19.1 Å². The number of rotatable bonds is 8. The van der Waals surface area contributed by atoms with Crippen molar-refractivity contribution in [3.8, 4) is 5.75 Å². The molecule has 132 valence electrons. The highest BCUT2D eigenvalue weighted by Crippen LogP contribution is 2.18. The van der Waals surface area contributed by atoms with E-state index in [1.165, 1.54) is 0 Å². The first-order valence-electron chi connectivity index (χ1n) is 8.23. The van der Waals surface area contributed by atoms with Crippen molar-refractivity contribution in [2.75, 3.05) is 20.3 Å². The van der Waals surface area contributed by atoms with Gasteiger partial charge in [0.25, 0.3) is 5.91 Å². The molecule has 0 bridgehead atoms. The van der Waals surface area contributed by atoms with E-state index >= 15 is 0 Å². The van der Waals surface area contributed by atoms with Crippen molar-refractivity contribution in [1.82, 2.24) is 4.90 Å². The maximum absolute atomic E-state index is 12.3. The van der Waals surface area contributed by atoms with Crippen LogP contribution in [-0.4, -0.2) is 37.0 Å². The summed E-state index contributed by atoms with van der Waals surface area (Å²) >= 11 is 0. The van der Waals surface area contributed by atoms with Crippen LogP contribution in [0, 0.1) is 0 Å². The molecule has 2 aromatic rings. The molecule has 0 radical (unpaired) electrons. The van der Waals surface area contributed by atoms with Crippen LogP contribution in [0.3, 0.4) is 0 Å². The number of benzene rings is 2. The lowest BCUT2D eigenvalue weighted by Crippen LogP contribution is -2.34. The number of carbonyl (C=O) groups is 2. The fraction of sp³-hybridized carbons (Fsp3) is 0.300. The molecule has 0 saturated heterocycles. The van der Waals surface area contributed by atoms with Gasteiger partial charge in [0, 0.05) is 18.7 Å². The molecule has 0 aromatic heterocycles. The van der Waals surface area contributed by atoms with Gasteiger partial charge in [-0.05, 0) is 18.6 Å². The molecular weight excluding hydrogens is 318 g/mol. The average molecular weight is 341 g/mol. The lowest BCUT2D eigenvalue weighted by atomic mass is 10.1. The van der Waals surface area contributed by atoms with Gasteiger partial charge in [-0.1, -0.05) is 48.5 Å². The van der Waals surface area contributed by atoms with Crippen LogP contribution in [0.1, 0.15) is 18.1 Å². The topological polar surface area (TPSA) is 55.8 Å². The van der Waals surface area contributed by atoms with Crippen LogP contribution in [0.25, 0.3) is 0 Å². The molecule has 0 atom stereocenters. The van der Waals surface area contributed by atoms with Gasteiger partial charge in [0.1, 0.15) is 5.75 Å². The predicted molar refractivity (Wildman–Crippen MR) is 95.2 cm³/mol.